The molecule has 0 amide bonds. The lowest BCUT2D eigenvalue weighted by Gasteiger charge is -2.38. The third kappa shape index (κ3) is 9.16. The molecule has 0 radical (unpaired) electrons. The van der Waals surface area contributed by atoms with E-state index in [4.69, 9.17) is 9.73 Å². The van der Waals surface area contributed by atoms with Gasteiger partial charge in [0.15, 0.2) is 0 Å². The number of halogens is 3. The van der Waals surface area contributed by atoms with Crippen LogP contribution in [0.3, 0.4) is 0 Å². The third-order valence-electron chi connectivity index (χ3n) is 5.64. The fraction of sp³-hybridized carbons (Fsp3) is 0.357. The molecule has 39 heavy (non-hydrogen) atoms. The summed E-state index contributed by atoms with van der Waals surface area (Å²) in [4.78, 5) is 9.38. The second kappa shape index (κ2) is 15.2. The van der Waals surface area contributed by atoms with Gasteiger partial charge in [-0.05, 0) is 62.9 Å². The van der Waals surface area contributed by atoms with E-state index in [-0.39, 0.29) is 30.3 Å². The fourth-order valence-electron chi connectivity index (χ4n) is 3.98. The Morgan fingerprint density at radius 1 is 1.28 bits per heavy atom. The Hall–Kier alpha value is -2.73. The van der Waals surface area contributed by atoms with E-state index in [0.29, 0.717) is 22.5 Å². The molecule has 2 heterocycles. The van der Waals surface area contributed by atoms with Gasteiger partial charge in [-0.25, -0.2) is 14.8 Å². The highest BCUT2D eigenvalue weighted by atomic mass is 31.1. The van der Waals surface area contributed by atoms with Crippen molar-refractivity contribution in [3.05, 3.63) is 83.9 Å². The minimum absolute atomic E-state index is 0.0433. The van der Waals surface area contributed by atoms with E-state index in [2.05, 4.69) is 43.1 Å². The number of benzene rings is 1. The van der Waals surface area contributed by atoms with Crippen LogP contribution in [0.1, 0.15) is 26.3 Å². The highest BCUT2D eigenvalue weighted by molar-refractivity contribution is 7.39. The predicted molar refractivity (Wildman–Crippen MR) is 160 cm³/mol. The van der Waals surface area contributed by atoms with E-state index in [1.165, 1.54) is 12.1 Å². The van der Waals surface area contributed by atoms with Gasteiger partial charge in [-0.15, -0.1) is 8.58 Å². The van der Waals surface area contributed by atoms with Gasteiger partial charge in [0.2, 0.25) is 5.90 Å². The molecule has 3 rings (SSSR count). The Labute approximate surface area is 232 Å². The van der Waals surface area contributed by atoms with Crippen molar-refractivity contribution in [1.82, 2.24) is 10.4 Å². The van der Waals surface area contributed by atoms with Gasteiger partial charge in [0.05, 0.1) is 29.2 Å². The maximum atomic E-state index is 13.5. The second-order valence-corrected chi connectivity index (χ2v) is 10.8. The lowest BCUT2D eigenvalue weighted by Crippen LogP contribution is -2.46. The van der Waals surface area contributed by atoms with E-state index >= 15 is 0 Å². The van der Waals surface area contributed by atoms with Gasteiger partial charge >= 0.3 is 6.61 Å². The zero-order valence-corrected chi connectivity index (χ0v) is 24.4. The van der Waals surface area contributed by atoms with Crippen molar-refractivity contribution in [2.45, 2.75) is 45.4 Å². The van der Waals surface area contributed by atoms with Gasteiger partial charge in [0, 0.05) is 17.9 Å². The topological polar surface area (TPSA) is 58.5 Å². The SMILES string of the molecule is C=C1C(c2ccc(OC(F)F)cc2)=C(/N=C(\C=C/C)OCC(F)P)[C@H](C)NN1C1=C/C(C)/N=C\CPC/C=C\1. The molecule has 2 aliphatic heterocycles. The summed E-state index contributed by atoms with van der Waals surface area (Å²) in [5, 5.41) is 1.90. The van der Waals surface area contributed by atoms with Crippen LogP contribution < -0.4 is 10.2 Å². The Bertz CT molecular complexity index is 1180. The number of nitrogens with one attached hydrogen (secondary N) is 1. The summed E-state index contributed by atoms with van der Waals surface area (Å²) in [6, 6.07) is 5.95. The molecule has 0 fully saturated rings. The molecule has 0 saturated carbocycles. The van der Waals surface area contributed by atoms with Crippen LogP contribution >= 0.6 is 17.8 Å². The zero-order chi connectivity index (χ0) is 28.4. The van der Waals surface area contributed by atoms with Gasteiger partial charge < -0.3 is 9.47 Å². The van der Waals surface area contributed by atoms with Crippen LogP contribution in [-0.4, -0.2) is 60.7 Å². The van der Waals surface area contributed by atoms with Gasteiger partial charge in [-0.3, -0.25) is 10.0 Å². The third-order valence-corrected chi connectivity index (χ3v) is 6.83. The van der Waals surface area contributed by atoms with E-state index in [1.54, 1.807) is 24.3 Å². The van der Waals surface area contributed by atoms with E-state index in [0.717, 1.165) is 26.6 Å². The highest BCUT2D eigenvalue weighted by Gasteiger charge is 2.30. The quantitative estimate of drug-likeness (QED) is 0.218. The molecule has 6 nitrogen and oxygen atoms in total. The smallest absolute Gasteiger partial charge is 0.387 e. The first-order valence-electron chi connectivity index (χ1n) is 12.6. The molecule has 0 aliphatic carbocycles. The average molecular weight is 579 g/mol. The second-order valence-electron chi connectivity index (χ2n) is 8.80. The molecule has 0 bridgehead atoms. The maximum absolute atomic E-state index is 13.5. The Balaban J connectivity index is 2.14. The summed E-state index contributed by atoms with van der Waals surface area (Å²) < 4.78 is 49.2. The van der Waals surface area contributed by atoms with Gasteiger partial charge in [-0.2, -0.15) is 8.78 Å². The molecule has 1 aromatic carbocycles. The Morgan fingerprint density at radius 2 is 2.03 bits per heavy atom. The normalized spacial score (nSPS) is 25.5. The minimum atomic E-state index is -2.92. The molecule has 1 aromatic rings. The first-order valence-corrected chi connectivity index (χ1v) is 14.7. The van der Waals surface area contributed by atoms with Crippen LogP contribution in [0.2, 0.25) is 0 Å². The van der Waals surface area contributed by atoms with Crippen molar-refractivity contribution in [3.63, 3.8) is 0 Å². The van der Waals surface area contributed by atoms with Crippen LogP contribution in [0.5, 0.6) is 5.75 Å². The molecule has 1 N–H and O–H groups in total. The number of hydrogen-bond acceptors (Lipinski definition) is 6. The average Bonchev–Trinajstić information content (AvgIpc) is 2.88. The molecular weight excluding hydrogens is 543 g/mol. The first-order chi connectivity index (χ1) is 18.7. The monoisotopic (exact) mass is 578 g/mol. The van der Waals surface area contributed by atoms with Gasteiger partial charge in [-0.1, -0.05) is 40.1 Å². The van der Waals surface area contributed by atoms with Crippen LogP contribution in [0, 0.1) is 0 Å². The van der Waals surface area contributed by atoms with E-state index < -0.39 is 12.5 Å². The van der Waals surface area contributed by atoms with Crippen LogP contribution in [0.15, 0.2) is 88.3 Å². The van der Waals surface area contributed by atoms with Crippen molar-refractivity contribution < 1.29 is 22.6 Å². The number of hydrogen-bond donors (Lipinski definition) is 1. The summed E-state index contributed by atoms with van der Waals surface area (Å²) in [5.74, 6) is -0.966. The van der Waals surface area contributed by atoms with Crippen LogP contribution in [-0.2, 0) is 4.74 Å². The number of ether oxygens (including phenoxy) is 2. The van der Waals surface area contributed by atoms with Crippen molar-refractivity contribution >= 4 is 35.5 Å². The number of rotatable bonds is 8. The van der Waals surface area contributed by atoms with E-state index in [9.17, 15) is 13.2 Å². The molecular formula is C28H35F3N4O2P2. The van der Waals surface area contributed by atoms with Gasteiger partial charge in [0.1, 0.15) is 18.3 Å². The van der Waals surface area contributed by atoms with Crippen molar-refractivity contribution in [2.75, 3.05) is 18.9 Å². The molecule has 0 spiro atoms. The number of alkyl halides is 3. The first kappa shape index (κ1) is 30.8. The van der Waals surface area contributed by atoms with Crippen molar-refractivity contribution in [1.29, 1.82) is 0 Å². The summed E-state index contributed by atoms with van der Waals surface area (Å²) in [6.07, 6.45) is 13.5. The van der Waals surface area contributed by atoms with Crippen LogP contribution in [0.4, 0.5) is 13.2 Å². The summed E-state index contributed by atoms with van der Waals surface area (Å²) in [5.41, 5.74) is 6.90. The minimum Gasteiger partial charge on any atom is -0.474 e. The number of aliphatic imine (C=N–C) groups is 2. The van der Waals surface area contributed by atoms with Crippen molar-refractivity contribution in [2.24, 2.45) is 9.98 Å². The predicted octanol–water partition coefficient (Wildman–Crippen LogP) is 6.47. The highest BCUT2D eigenvalue weighted by Crippen LogP contribution is 2.37. The molecule has 5 atom stereocenters. The fourth-order valence-corrected chi connectivity index (χ4v) is 4.76. The number of nitrogens with zero attached hydrogens (tertiary/aromatic N) is 3. The summed E-state index contributed by atoms with van der Waals surface area (Å²) >= 11 is 0. The van der Waals surface area contributed by atoms with Crippen LogP contribution in [0.25, 0.3) is 5.57 Å². The summed E-state index contributed by atoms with van der Waals surface area (Å²) in [6.45, 7) is 7.06. The number of allylic oxidation sites excluding steroid dienone is 4. The van der Waals surface area contributed by atoms with Crippen molar-refractivity contribution in [3.8, 4) is 5.75 Å². The zero-order valence-electron chi connectivity index (χ0n) is 22.3. The molecule has 11 heteroatoms. The lowest BCUT2D eigenvalue weighted by atomic mass is 9.95. The molecule has 4 unspecified atom stereocenters. The Kier molecular flexibility index (Phi) is 12.0. The molecule has 0 aromatic heterocycles. The Morgan fingerprint density at radius 3 is 2.69 bits per heavy atom. The van der Waals surface area contributed by atoms with Gasteiger partial charge in [0.25, 0.3) is 0 Å². The standard InChI is InChI=1S/C28H35F3N4O2P2/c1-5-7-25(36-17-24(29)38)33-27-19(3)34-35(22-8-6-14-39-15-13-32-18(2)16-22)20(4)26(27)21-9-11-23(12-10-21)37-28(30)31/h5-13,16,18-19,24,28,34,39H,4,14-15,17,38H2,1-3H3/b7-5-,8-6-,22-16+,32-13-,33-25+/t18?,19-,24?/m0/s1. The molecule has 2 aliphatic rings. The largest absolute Gasteiger partial charge is 0.474 e. The van der Waals surface area contributed by atoms with E-state index in [1.807, 2.05) is 38.1 Å². The summed E-state index contributed by atoms with van der Waals surface area (Å²) in [7, 11) is 2.81. The molecule has 210 valence electrons. The number of hydrazine groups is 1. The molecule has 0 saturated heterocycles. The maximum Gasteiger partial charge on any atom is 0.387 e. The lowest BCUT2D eigenvalue weighted by molar-refractivity contribution is -0.0498.